The molecule has 0 saturated heterocycles. The topological polar surface area (TPSA) is 72.8 Å². The summed E-state index contributed by atoms with van der Waals surface area (Å²) in [4.78, 5) is 24.6. The first-order valence-electron chi connectivity index (χ1n) is 34.8. The Kier molecular flexibility index (Phi) is 66.8. The molecule has 0 radical (unpaired) electrons. The smallest absolute Gasteiger partial charge is 0.306 e. The average Bonchev–Trinajstić information content (AvgIpc) is 3.44. The first-order chi connectivity index (χ1) is 38.6. The summed E-state index contributed by atoms with van der Waals surface area (Å²) in [5.41, 5.74) is 0. The fraction of sp³-hybridized carbons (Fsp3) is 0.836. The highest BCUT2D eigenvalue weighted by Crippen LogP contribution is 2.18. The van der Waals surface area contributed by atoms with Crippen molar-refractivity contribution in [3.8, 4) is 0 Å². The number of carbonyl (C=O) groups excluding carboxylic acids is 2. The monoisotopic (exact) mass is 1090 g/mol. The minimum atomic E-state index is -0.775. The first kappa shape index (κ1) is 75.6. The Morgan fingerprint density at radius 3 is 0.769 bits per heavy atom. The van der Waals surface area contributed by atoms with Gasteiger partial charge >= 0.3 is 11.9 Å². The van der Waals surface area contributed by atoms with Crippen molar-refractivity contribution in [2.45, 2.75) is 380 Å². The molecule has 5 heteroatoms. The lowest BCUT2D eigenvalue weighted by Crippen LogP contribution is -2.28. The number of ether oxygens (including phenoxy) is 2. The molecule has 1 N–H and O–H groups in total. The van der Waals surface area contributed by atoms with Crippen LogP contribution in [0.3, 0.4) is 0 Å². The lowest BCUT2D eigenvalue weighted by Gasteiger charge is -2.15. The van der Waals surface area contributed by atoms with Crippen molar-refractivity contribution in [2.24, 2.45) is 0 Å². The van der Waals surface area contributed by atoms with Gasteiger partial charge in [-0.3, -0.25) is 9.59 Å². The van der Waals surface area contributed by atoms with Crippen molar-refractivity contribution < 1.29 is 24.2 Å². The summed E-state index contributed by atoms with van der Waals surface area (Å²) >= 11 is 0. The van der Waals surface area contributed by atoms with Crippen molar-refractivity contribution in [2.75, 3.05) is 13.2 Å². The van der Waals surface area contributed by atoms with Crippen LogP contribution in [-0.4, -0.2) is 36.4 Å². The minimum Gasteiger partial charge on any atom is -0.462 e. The third-order valence-corrected chi connectivity index (χ3v) is 15.8. The van der Waals surface area contributed by atoms with Crippen LogP contribution >= 0.6 is 0 Å². The van der Waals surface area contributed by atoms with Crippen molar-refractivity contribution in [1.82, 2.24) is 0 Å². The van der Waals surface area contributed by atoms with Crippen molar-refractivity contribution in [3.05, 3.63) is 60.8 Å². The van der Waals surface area contributed by atoms with Gasteiger partial charge in [-0.25, -0.2) is 0 Å². The fourth-order valence-corrected chi connectivity index (χ4v) is 10.5. The van der Waals surface area contributed by atoms with E-state index in [1.807, 2.05) is 0 Å². The van der Waals surface area contributed by atoms with E-state index in [0.717, 1.165) is 57.8 Å². The quantitative estimate of drug-likeness (QED) is 0.0373. The zero-order valence-electron chi connectivity index (χ0n) is 52.4. The van der Waals surface area contributed by atoms with Gasteiger partial charge in [-0.15, -0.1) is 0 Å². The molecule has 456 valence electrons. The zero-order valence-corrected chi connectivity index (χ0v) is 52.4. The highest BCUT2D eigenvalue weighted by Gasteiger charge is 2.16. The van der Waals surface area contributed by atoms with Crippen LogP contribution in [0.4, 0.5) is 0 Å². The second-order valence-electron chi connectivity index (χ2n) is 23.6. The van der Waals surface area contributed by atoms with E-state index in [1.165, 1.54) is 289 Å². The van der Waals surface area contributed by atoms with E-state index in [4.69, 9.17) is 9.47 Å². The normalized spacial score (nSPS) is 12.5. The Hall–Kier alpha value is -2.40. The van der Waals surface area contributed by atoms with Gasteiger partial charge in [-0.1, -0.05) is 338 Å². The van der Waals surface area contributed by atoms with Gasteiger partial charge in [0.05, 0.1) is 6.61 Å². The lowest BCUT2D eigenvalue weighted by molar-refractivity contribution is -0.161. The predicted molar refractivity (Wildman–Crippen MR) is 344 cm³/mol. The van der Waals surface area contributed by atoms with Crippen LogP contribution in [-0.2, 0) is 19.1 Å². The molecule has 0 saturated carbocycles. The summed E-state index contributed by atoms with van der Waals surface area (Å²) < 4.78 is 10.8. The highest BCUT2D eigenvalue weighted by molar-refractivity contribution is 5.70. The summed E-state index contributed by atoms with van der Waals surface area (Å²) in [6.45, 7) is 4.16. The number of unbranched alkanes of at least 4 members (excludes halogenated alkanes) is 47. The molecule has 0 aliphatic rings. The van der Waals surface area contributed by atoms with E-state index in [1.54, 1.807) is 0 Å². The van der Waals surface area contributed by atoms with Gasteiger partial charge in [0.1, 0.15) is 6.61 Å². The van der Waals surface area contributed by atoms with Crippen LogP contribution in [0, 0.1) is 0 Å². The van der Waals surface area contributed by atoms with E-state index >= 15 is 0 Å². The second-order valence-corrected chi connectivity index (χ2v) is 23.6. The number of esters is 2. The predicted octanol–water partition coefficient (Wildman–Crippen LogP) is 24.1. The second kappa shape index (κ2) is 68.9. The van der Waals surface area contributed by atoms with Gasteiger partial charge < -0.3 is 14.6 Å². The number of aliphatic hydroxyl groups excluding tert-OH is 1. The molecule has 5 nitrogen and oxygen atoms in total. The molecule has 0 aliphatic heterocycles. The van der Waals surface area contributed by atoms with Gasteiger partial charge in [0, 0.05) is 12.8 Å². The van der Waals surface area contributed by atoms with Gasteiger partial charge in [-0.2, -0.15) is 0 Å². The summed E-state index contributed by atoms with van der Waals surface area (Å²) in [7, 11) is 0. The van der Waals surface area contributed by atoms with E-state index in [0.29, 0.717) is 12.8 Å². The maximum absolute atomic E-state index is 12.3. The zero-order chi connectivity index (χ0) is 56.2. The molecule has 0 aromatic carbocycles. The molecule has 78 heavy (non-hydrogen) atoms. The summed E-state index contributed by atoms with van der Waals surface area (Å²) in [6, 6.07) is 0. The number of hydrogen-bond acceptors (Lipinski definition) is 5. The van der Waals surface area contributed by atoms with Gasteiger partial charge in [0.25, 0.3) is 0 Å². The maximum atomic E-state index is 12.3. The van der Waals surface area contributed by atoms with Crippen LogP contribution in [0.25, 0.3) is 0 Å². The van der Waals surface area contributed by atoms with Gasteiger partial charge in [0.15, 0.2) is 6.10 Å². The number of carbonyl (C=O) groups is 2. The number of hydrogen-bond donors (Lipinski definition) is 1. The van der Waals surface area contributed by atoms with Crippen molar-refractivity contribution in [1.29, 1.82) is 0 Å². The molecule has 0 fully saturated rings. The fourth-order valence-electron chi connectivity index (χ4n) is 10.5. The molecule has 0 aromatic heterocycles. The lowest BCUT2D eigenvalue weighted by atomic mass is 10.0. The van der Waals surface area contributed by atoms with E-state index < -0.39 is 6.10 Å². The van der Waals surface area contributed by atoms with E-state index in [-0.39, 0.29) is 25.2 Å². The molecule has 1 atom stereocenters. The molecule has 0 amide bonds. The molecule has 0 rings (SSSR count). The Balaban J connectivity index is 3.40. The van der Waals surface area contributed by atoms with E-state index in [9.17, 15) is 14.7 Å². The van der Waals surface area contributed by atoms with Crippen molar-refractivity contribution in [3.63, 3.8) is 0 Å². The standard InChI is InChI=1S/C73H134O5/c1-3-5-7-9-11-13-15-17-19-21-23-25-27-29-30-31-32-33-34-35-36-37-38-39-40-41-42-44-45-47-49-51-53-55-57-59-61-63-65-67-72(75)77-70-71(69-74)78-73(76)68-66-64-62-60-58-56-54-52-50-48-46-43-28-26-24-22-20-18-16-14-12-10-8-6-4-2/h15-18,21-24,28,43,71,74H,3-14,19-20,25-27,29-42,44-70H2,1-2H3/b17-15-,18-16-,23-21-,24-22-,43-28-. The number of allylic oxidation sites excluding steroid dienone is 10. The number of aliphatic hydroxyl groups is 1. The van der Waals surface area contributed by atoms with Crippen molar-refractivity contribution >= 4 is 11.9 Å². The molecule has 0 aromatic rings. The van der Waals surface area contributed by atoms with Crippen LogP contribution in [0.1, 0.15) is 373 Å². The molecule has 0 heterocycles. The van der Waals surface area contributed by atoms with Gasteiger partial charge in [-0.05, 0) is 83.5 Å². The molecule has 0 spiro atoms. The van der Waals surface area contributed by atoms with Crippen LogP contribution in [0.2, 0.25) is 0 Å². The highest BCUT2D eigenvalue weighted by atomic mass is 16.6. The largest absolute Gasteiger partial charge is 0.462 e. The van der Waals surface area contributed by atoms with Crippen LogP contribution in [0.5, 0.6) is 0 Å². The Bertz CT molecular complexity index is 1330. The minimum absolute atomic E-state index is 0.0644. The van der Waals surface area contributed by atoms with Gasteiger partial charge in [0.2, 0.25) is 0 Å². The average molecular weight is 1090 g/mol. The SMILES string of the molecule is CCCCCCC/C=C\C/C=C\C/C=C\CCCCCCCCCCCCC(=O)OC(CO)COC(=O)CCCCCCCCCCCCCCCCCCCCCCCCCCCCC/C=C\C/C=C\CCCCCCC. The Labute approximate surface area is 487 Å². The Morgan fingerprint density at radius 1 is 0.295 bits per heavy atom. The molecule has 0 bridgehead atoms. The third kappa shape index (κ3) is 66.1. The maximum Gasteiger partial charge on any atom is 0.306 e. The molecular weight excluding hydrogens is 957 g/mol. The van der Waals surface area contributed by atoms with E-state index in [2.05, 4.69) is 74.6 Å². The number of rotatable bonds is 65. The molecular formula is C73H134O5. The molecule has 1 unspecified atom stereocenters. The molecule has 0 aliphatic carbocycles. The third-order valence-electron chi connectivity index (χ3n) is 15.8. The summed E-state index contributed by atoms with van der Waals surface area (Å²) in [6.07, 6.45) is 94.0. The first-order valence-corrected chi connectivity index (χ1v) is 34.8. The van der Waals surface area contributed by atoms with Crippen LogP contribution < -0.4 is 0 Å². The Morgan fingerprint density at radius 2 is 0.513 bits per heavy atom. The summed E-state index contributed by atoms with van der Waals surface area (Å²) in [5, 5.41) is 9.69. The van der Waals surface area contributed by atoms with Crippen LogP contribution in [0.15, 0.2) is 60.8 Å². The summed E-state index contributed by atoms with van der Waals surface area (Å²) in [5.74, 6) is -0.578.